The molecule has 10 heteroatoms. The van der Waals surface area contributed by atoms with E-state index in [2.05, 4.69) is 20.7 Å². The molecule has 1 aliphatic heterocycles. The first-order valence-electron chi connectivity index (χ1n) is 11.0. The zero-order valence-electron chi connectivity index (χ0n) is 18.6. The Morgan fingerprint density at radius 2 is 1.59 bits per heavy atom. The van der Waals surface area contributed by atoms with Gasteiger partial charge in [0.1, 0.15) is 24.5 Å². The van der Waals surface area contributed by atoms with Crippen molar-refractivity contribution in [1.82, 2.24) is 19.7 Å². The van der Waals surface area contributed by atoms with Crippen LogP contribution in [0.3, 0.4) is 0 Å². The molecule has 0 saturated carbocycles. The molecule has 2 heterocycles. The predicted molar refractivity (Wildman–Crippen MR) is 123 cm³/mol. The van der Waals surface area contributed by atoms with Crippen LogP contribution in [0, 0.1) is 11.7 Å². The van der Waals surface area contributed by atoms with Gasteiger partial charge in [0.25, 0.3) is 5.91 Å². The molecule has 0 spiro atoms. The van der Waals surface area contributed by atoms with E-state index in [-0.39, 0.29) is 29.5 Å². The third kappa shape index (κ3) is 5.45. The highest BCUT2D eigenvalue weighted by molar-refractivity contribution is 5.96. The van der Waals surface area contributed by atoms with E-state index in [9.17, 15) is 18.8 Å². The Morgan fingerprint density at radius 1 is 0.971 bits per heavy atom. The van der Waals surface area contributed by atoms with Gasteiger partial charge in [0, 0.05) is 35.9 Å². The van der Waals surface area contributed by atoms with E-state index in [4.69, 9.17) is 0 Å². The van der Waals surface area contributed by atoms with Gasteiger partial charge >= 0.3 is 0 Å². The van der Waals surface area contributed by atoms with Crippen LogP contribution >= 0.6 is 0 Å². The summed E-state index contributed by atoms with van der Waals surface area (Å²) in [6.07, 6.45) is 3.95. The van der Waals surface area contributed by atoms with Crippen molar-refractivity contribution < 1.29 is 18.8 Å². The molecule has 1 atom stereocenters. The lowest BCUT2D eigenvalue weighted by Crippen LogP contribution is -2.41. The van der Waals surface area contributed by atoms with Crippen LogP contribution in [0.2, 0.25) is 0 Å². The lowest BCUT2D eigenvalue weighted by molar-refractivity contribution is -0.121. The van der Waals surface area contributed by atoms with Crippen LogP contribution in [0.1, 0.15) is 36.2 Å². The molecule has 2 aromatic carbocycles. The number of piperidine rings is 1. The first kappa shape index (κ1) is 23.1. The van der Waals surface area contributed by atoms with Crippen molar-refractivity contribution in [3.8, 4) is 0 Å². The number of hydrogen-bond donors (Lipinski definition) is 2. The SMILES string of the molecule is CC(C(=O)Nc1ccc(NC(=O)C2CCN(C(=O)c3ccc(F)cc3)CC2)cc1)n1cncn1. The second-order valence-corrected chi connectivity index (χ2v) is 8.18. The van der Waals surface area contributed by atoms with Gasteiger partial charge in [-0.15, -0.1) is 0 Å². The molecular weight excluding hydrogens is 439 g/mol. The van der Waals surface area contributed by atoms with Crippen molar-refractivity contribution in [3.63, 3.8) is 0 Å². The molecule has 1 unspecified atom stereocenters. The quantitative estimate of drug-likeness (QED) is 0.583. The molecule has 9 nitrogen and oxygen atoms in total. The number of carbonyl (C=O) groups excluding carboxylic acids is 3. The molecule has 0 bridgehead atoms. The van der Waals surface area contributed by atoms with Crippen molar-refractivity contribution in [2.45, 2.75) is 25.8 Å². The van der Waals surface area contributed by atoms with Crippen molar-refractivity contribution in [2.24, 2.45) is 5.92 Å². The van der Waals surface area contributed by atoms with Crippen molar-refractivity contribution in [3.05, 3.63) is 72.6 Å². The molecule has 4 rings (SSSR count). The largest absolute Gasteiger partial charge is 0.339 e. The van der Waals surface area contributed by atoms with Crippen molar-refractivity contribution in [2.75, 3.05) is 23.7 Å². The number of carbonyl (C=O) groups is 3. The summed E-state index contributed by atoms with van der Waals surface area (Å²) in [5.74, 6) is -1.09. The van der Waals surface area contributed by atoms with Gasteiger partial charge in [-0.05, 0) is 68.3 Å². The van der Waals surface area contributed by atoms with Crippen molar-refractivity contribution >= 4 is 29.1 Å². The fraction of sp³-hybridized carbons (Fsp3) is 0.292. The smallest absolute Gasteiger partial charge is 0.253 e. The summed E-state index contributed by atoms with van der Waals surface area (Å²) in [4.78, 5) is 43.1. The van der Waals surface area contributed by atoms with Crippen LogP contribution in [-0.4, -0.2) is 50.5 Å². The number of anilines is 2. The van der Waals surface area contributed by atoms with Crippen LogP contribution in [0.5, 0.6) is 0 Å². The minimum Gasteiger partial charge on any atom is -0.339 e. The highest BCUT2D eigenvalue weighted by Crippen LogP contribution is 2.22. The van der Waals surface area contributed by atoms with E-state index in [1.165, 1.54) is 41.6 Å². The maximum absolute atomic E-state index is 13.1. The molecule has 0 radical (unpaired) electrons. The Hall–Kier alpha value is -4.08. The number of likely N-dealkylation sites (tertiary alicyclic amines) is 1. The topological polar surface area (TPSA) is 109 Å². The van der Waals surface area contributed by atoms with E-state index >= 15 is 0 Å². The second-order valence-electron chi connectivity index (χ2n) is 8.18. The zero-order valence-corrected chi connectivity index (χ0v) is 18.6. The summed E-state index contributed by atoms with van der Waals surface area (Å²) < 4.78 is 14.5. The Kier molecular flexibility index (Phi) is 6.95. The average molecular weight is 465 g/mol. The number of hydrogen-bond acceptors (Lipinski definition) is 5. The summed E-state index contributed by atoms with van der Waals surface area (Å²) in [6.45, 7) is 2.64. The lowest BCUT2D eigenvalue weighted by Gasteiger charge is -2.31. The van der Waals surface area contributed by atoms with E-state index in [1.54, 1.807) is 36.1 Å². The van der Waals surface area contributed by atoms with Gasteiger partial charge in [0.2, 0.25) is 11.8 Å². The Labute approximate surface area is 196 Å². The average Bonchev–Trinajstić information content (AvgIpc) is 3.40. The van der Waals surface area contributed by atoms with Crippen LogP contribution in [0.4, 0.5) is 15.8 Å². The van der Waals surface area contributed by atoms with E-state index < -0.39 is 6.04 Å². The summed E-state index contributed by atoms with van der Waals surface area (Å²) in [7, 11) is 0. The van der Waals surface area contributed by atoms with E-state index in [0.29, 0.717) is 42.9 Å². The summed E-state index contributed by atoms with van der Waals surface area (Å²) in [5.41, 5.74) is 1.66. The van der Waals surface area contributed by atoms with E-state index in [1.807, 2.05) is 0 Å². The summed E-state index contributed by atoms with van der Waals surface area (Å²) in [5, 5.41) is 9.67. The molecule has 2 N–H and O–H groups in total. The monoisotopic (exact) mass is 464 g/mol. The third-order valence-corrected chi connectivity index (χ3v) is 5.88. The number of nitrogens with one attached hydrogen (secondary N) is 2. The highest BCUT2D eigenvalue weighted by Gasteiger charge is 2.28. The first-order valence-corrected chi connectivity index (χ1v) is 11.0. The van der Waals surface area contributed by atoms with Gasteiger partial charge in [-0.2, -0.15) is 5.10 Å². The Balaban J connectivity index is 1.26. The predicted octanol–water partition coefficient (Wildman–Crippen LogP) is 3.11. The van der Waals surface area contributed by atoms with Gasteiger partial charge in [0.05, 0.1) is 0 Å². The molecule has 34 heavy (non-hydrogen) atoms. The molecular formula is C24H25FN6O3. The minimum absolute atomic E-state index is 0.106. The minimum atomic E-state index is -0.511. The van der Waals surface area contributed by atoms with E-state index in [0.717, 1.165) is 0 Å². The van der Waals surface area contributed by atoms with Gasteiger partial charge < -0.3 is 15.5 Å². The zero-order chi connectivity index (χ0) is 24.1. The number of aromatic nitrogens is 3. The van der Waals surface area contributed by atoms with Gasteiger partial charge in [-0.1, -0.05) is 0 Å². The normalized spacial score (nSPS) is 14.9. The Bertz CT molecular complexity index is 1140. The standard InChI is InChI=1S/C24H25FN6O3/c1-16(31-15-26-14-27-31)22(32)28-20-6-8-21(9-7-20)29-23(33)17-10-12-30(13-11-17)24(34)18-2-4-19(25)5-3-18/h2-9,14-17H,10-13H2,1H3,(H,28,32)(H,29,33). The molecule has 3 aromatic rings. The van der Waals surface area contributed by atoms with Crippen LogP contribution < -0.4 is 10.6 Å². The maximum atomic E-state index is 13.1. The fourth-order valence-corrected chi connectivity index (χ4v) is 3.79. The molecule has 1 aromatic heterocycles. The summed E-state index contributed by atoms with van der Waals surface area (Å²) >= 11 is 0. The van der Waals surface area contributed by atoms with Crippen LogP contribution in [0.15, 0.2) is 61.2 Å². The van der Waals surface area contributed by atoms with Crippen LogP contribution in [0.25, 0.3) is 0 Å². The molecule has 1 fully saturated rings. The maximum Gasteiger partial charge on any atom is 0.253 e. The second kappa shape index (κ2) is 10.2. The molecule has 176 valence electrons. The lowest BCUT2D eigenvalue weighted by atomic mass is 9.95. The van der Waals surface area contributed by atoms with Gasteiger partial charge in [-0.3, -0.25) is 14.4 Å². The molecule has 1 saturated heterocycles. The van der Waals surface area contributed by atoms with Gasteiger partial charge in [-0.25, -0.2) is 14.1 Å². The fourth-order valence-electron chi connectivity index (χ4n) is 3.79. The van der Waals surface area contributed by atoms with Gasteiger partial charge in [0.15, 0.2) is 0 Å². The molecule has 1 aliphatic rings. The molecule has 3 amide bonds. The highest BCUT2D eigenvalue weighted by atomic mass is 19.1. The number of nitrogens with zero attached hydrogens (tertiary/aromatic N) is 4. The number of rotatable bonds is 6. The molecule has 0 aliphatic carbocycles. The van der Waals surface area contributed by atoms with Crippen LogP contribution in [-0.2, 0) is 9.59 Å². The third-order valence-electron chi connectivity index (χ3n) is 5.88. The first-order chi connectivity index (χ1) is 16.4. The Morgan fingerprint density at radius 3 is 2.18 bits per heavy atom. The summed E-state index contributed by atoms with van der Waals surface area (Å²) in [6, 6.07) is 11.8. The number of amides is 3. The van der Waals surface area contributed by atoms with Crippen molar-refractivity contribution in [1.29, 1.82) is 0 Å². The number of halogens is 1. The number of benzene rings is 2.